The second kappa shape index (κ2) is 10.4. The number of morpholine rings is 1. The fraction of sp³-hybridized carbons (Fsp3) is 0.429. The highest BCUT2D eigenvalue weighted by atomic mass is 35.5. The van der Waals surface area contributed by atoms with Crippen molar-refractivity contribution in [2.75, 3.05) is 38.7 Å². The van der Waals surface area contributed by atoms with Crippen molar-refractivity contribution >= 4 is 21.6 Å². The molecule has 1 aliphatic rings. The third-order valence-electron chi connectivity index (χ3n) is 4.97. The molecule has 0 bridgehead atoms. The molecule has 1 fully saturated rings. The summed E-state index contributed by atoms with van der Waals surface area (Å²) >= 11 is 5.72. The minimum atomic E-state index is -3.57. The number of halogens is 1. The Kier molecular flexibility index (Phi) is 7.88. The lowest BCUT2D eigenvalue weighted by atomic mass is 10.1. The molecule has 2 aromatic rings. The molecule has 1 unspecified atom stereocenters. The molecule has 1 N–H and O–H groups in total. The standard InChI is InChI=1S/C21H27ClN2O3S/c22-12-4-5-18-8-10-20(11-9-18)28(25,26)23-17-21(19-6-2-1-3-7-19)24-13-15-27-16-14-24/h1-3,6-11,21,23H,4-5,12-17H2. The Morgan fingerprint density at radius 3 is 2.36 bits per heavy atom. The number of hydrogen-bond donors (Lipinski definition) is 1. The fourth-order valence-corrected chi connectivity index (χ4v) is 4.57. The summed E-state index contributed by atoms with van der Waals surface area (Å²) < 4.78 is 33.9. The quantitative estimate of drug-likeness (QED) is 0.630. The van der Waals surface area contributed by atoms with Crippen molar-refractivity contribution in [3.05, 3.63) is 65.7 Å². The van der Waals surface area contributed by atoms with E-state index in [-0.39, 0.29) is 10.9 Å². The van der Waals surface area contributed by atoms with E-state index in [0.717, 1.165) is 37.1 Å². The van der Waals surface area contributed by atoms with E-state index >= 15 is 0 Å². The van der Waals surface area contributed by atoms with Gasteiger partial charge in [0.1, 0.15) is 0 Å². The van der Waals surface area contributed by atoms with E-state index in [9.17, 15) is 8.42 Å². The van der Waals surface area contributed by atoms with Crippen LogP contribution >= 0.6 is 11.6 Å². The highest BCUT2D eigenvalue weighted by Gasteiger charge is 2.25. The number of sulfonamides is 1. The maximum Gasteiger partial charge on any atom is 0.240 e. The molecule has 0 saturated carbocycles. The highest BCUT2D eigenvalue weighted by molar-refractivity contribution is 7.89. The zero-order valence-corrected chi connectivity index (χ0v) is 17.5. The molecule has 1 saturated heterocycles. The minimum absolute atomic E-state index is 0.0251. The molecule has 0 radical (unpaired) electrons. The average molecular weight is 423 g/mol. The Morgan fingerprint density at radius 1 is 1.04 bits per heavy atom. The second-order valence-corrected chi connectivity index (χ2v) is 9.01. The number of aryl methyl sites for hydroxylation is 1. The van der Waals surface area contributed by atoms with Crippen LogP contribution in [0.2, 0.25) is 0 Å². The van der Waals surface area contributed by atoms with E-state index in [2.05, 4.69) is 9.62 Å². The highest BCUT2D eigenvalue weighted by Crippen LogP contribution is 2.22. The Hall–Kier alpha value is -1.44. The number of nitrogens with zero attached hydrogens (tertiary/aromatic N) is 1. The van der Waals surface area contributed by atoms with Gasteiger partial charge in [0.25, 0.3) is 0 Å². The number of rotatable bonds is 9. The van der Waals surface area contributed by atoms with Crippen LogP contribution in [-0.4, -0.2) is 52.0 Å². The number of benzene rings is 2. The summed E-state index contributed by atoms with van der Waals surface area (Å²) in [6.45, 7) is 3.23. The smallest absolute Gasteiger partial charge is 0.240 e. The number of nitrogens with one attached hydrogen (secondary N) is 1. The second-order valence-electron chi connectivity index (χ2n) is 6.86. The molecule has 3 rings (SSSR count). The molecule has 28 heavy (non-hydrogen) atoms. The lowest BCUT2D eigenvalue weighted by Gasteiger charge is -2.34. The number of ether oxygens (including phenoxy) is 1. The Balaban J connectivity index is 1.70. The van der Waals surface area contributed by atoms with Crippen molar-refractivity contribution in [1.82, 2.24) is 9.62 Å². The molecule has 0 aliphatic carbocycles. The van der Waals surface area contributed by atoms with Gasteiger partial charge in [0.2, 0.25) is 10.0 Å². The summed E-state index contributed by atoms with van der Waals surface area (Å²) in [4.78, 5) is 2.56. The van der Waals surface area contributed by atoms with Crippen molar-refractivity contribution in [1.29, 1.82) is 0 Å². The first-order chi connectivity index (χ1) is 13.6. The lowest BCUT2D eigenvalue weighted by molar-refractivity contribution is 0.0172. The molecule has 152 valence electrons. The third kappa shape index (κ3) is 5.78. The summed E-state index contributed by atoms with van der Waals surface area (Å²) in [7, 11) is -3.57. The molecule has 1 atom stereocenters. The van der Waals surface area contributed by atoms with Gasteiger partial charge >= 0.3 is 0 Å². The largest absolute Gasteiger partial charge is 0.379 e. The van der Waals surface area contributed by atoms with Gasteiger partial charge in [0.15, 0.2) is 0 Å². The van der Waals surface area contributed by atoms with E-state index in [1.54, 1.807) is 12.1 Å². The summed E-state index contributed by atoms with van der Waals surface area (Å²) in [5.74, 6) is 0.601. The molecular formula is C21H27ClN2O3S. The summed E-state index contributed by atoms with van der Waals surface area (Å²) in [6.07, 6.45) is 1.73. The van der Waals surface area contributed by atoms with Crippen LogP contribution < -0.4 is 4.72 Å². The molecule has 7 heteroatoms. The Morgan fingerprint density at radius 2 is 1.71 bits per heavy atom. The Bertz CT molecular complexity index is 822. The van der Waals surface area contributed by atoms with Crippen molar-refractivity contribution in [3.8, 4) is 0 Å². The molecular weight excluding hydrogens is 396 g/mol. The average Bonchev–Trinajstić information content (AvgIpc) is 2.74. The lowest BCUT2D eigenvalue weighted by Crippen LogP contribution is -2.43. The first-order valence-corrected chi connectivity index (χ1v) is 11.6. The Labute approximate surface area is 172 Å². The van der Waals surface area contributed by atoms with Crippen molar-refractivity contribution in [2.24, 2.45) is 0 Å². The molecule has 1 heterocycles. The predicted molar refractivity (Wildman–Crippen MR) is 112 cm³/mol. The molecule has 0 amide bonds. The summed E-state index contributed by atoms with van der Waals surface area (Å²) in [5, 5.41) is 0. The maximum atomic E-state index is 12.8. The maximum absolute atomic E-state index is 12.8. The van der Waals surface area contributed by atoms with Gasteiger partial charge < -0.3 is 4.74 Å². The third-order valence-corrected chi connectivity index (χ3v) is 6.68. The van der Waals surface area contributed by atoms with Crippen molar-refractivity contribution in [3.63, 3.8) is 0 Å². The number of hydrogen-bond acceptors (Lipinski definition) is 4. The molecule has 1 aliphatic heterocycles. The van der Waals surface area contributed by atoms with Crippen LogP contribution in [0.5, 0.6) is 0 Å². The zero-order chi connectivity index (χ0) is 19.8. The van der Waals surface area contributed by atoms with Gasteiger partial charge in [-0.15, -0.1) is 11.6 Å². The van der Waals surface area contributed by atoms with E-state index in [0.29, 0.717) is 25.6 Å². The van der Waals surface area contributed by atoms with E-state index in [1.165, 1.54) is 0 Å². The minimum Gasteiger partial charge on any atom is -0.379 e. The first kappa shape index (κ1) is 21.3. The van der Waals surface area contributed by atoms with Crippen molar-refractivity contribution in [2.45, 2.75) is 23.8 Å². The topological polar surface area (TPSA) is 58.6 Å². The van der Waals surface area contributed by atoms with Crippen LogP contribution in [-0.2, 0) is 21.2 Å². The summed E-state index contributed by atoms with van der Waals surface area (Å²) in [6, 6.07) is 17.0. The van der Waals surface area contributed by atoms with Gasteiger partial charge in [-0.25, -0.2) is 13.1 Å². The molecule has 5 nitrogen and oxygen atoms in total. The van der Waals surface area contributed by atoms with Gasteiger partial charge in [-0.2, -0.15) is 0 Å². The van der Waals surface area contributed by atoms with Crippen LogP contribution in [0.3, 0.4) is 0 Å². The molecule has 0 aromatic heterocycles. The van der Waals surface area contributed by atoms with Crippen LogP contribution in [0, 0.1) is 0 Å². The van der Waals surface area contributed by atoms with Gasteiger partial charge in [-0.05, 0) is 36.1 Å². The van der Waals surface area contributed by atoms with Crippen molar-refractivity contribution < 1.29 is 13.2 Å². The SMILES string of the molecule is O=S(=O)(NCC(c1ccccc1)N1CCOCC1)c1ccc(CCCCl)cc1. The molecule has 2 aromatic carbocycles. The number of alkyl halides is 1. The molecule has 0 spiro atoms. The zero-order valence-electron chi connectivity index (χ0n) is 15.9. The van der Waals surface area contributed by atoms with Crippen LogP contribution in [0.4, 0.5) is 0 Å². The predicted octanol–water partition coefficient (Wildman–Crippen LogP) is 3.21. The van der Waals surface area contributed by atoms with E-state index in [1.807, 2.05) is 42.5 Å². The van der Waals surface area contributed by atoms with Gasteiger partial charge in [-0.3, -0.25) is 4.90 Å². The van der Waals surface area contributed by atoms with Crippen LogP contribution in [0.25, 0.3) is 0 Å². The van der Waals surface area contributed by atoms with E-state index < -0.39 is 10.0 Å². The van der Waals surface area contributed by atoms with Gasteiger partial charge in [0.05, 0.1) is 18.1 Å². The van der Waals surface area contributed by atoms with E-state index in [4.69, 9.17) is 16.3 Å². The van der Waals surface area contributed by atoms with Gasteiger partial charge in [-0.1, -0.05) is 42.5 Å². The van der Waals surface area contributed by atoms with Crippen LogP contribution in [0.1, 0.15) is 23.6 Å². The first-order valence-electron chi connectivity index (χ1n) is 9.61. The monoisotopic (exact) mass is 422 g/mol. The summed E-state index contributed by atoms with van der Waals surface area (Å²) in [5.41, 5.74) is 2.19. The van der Waals surface area contributed by atoms with Gasteiger partial charge in [0, 0.05) is 31.6 Å². The van der Waals surface area contributed by atoms with Crippen LogP contribution in [0.15, 0.2) is 59.5 Å². The fourth-order valence-electron chi connectivity index (χ4n) is 3.40. The normalized spacial score (nSPS) is 16.8.